The minimum absolute atomic E-state index is 0.354. The summed E-state index contributed by atoms with van der Waals surface area (Å²) in [6.45, 7) is 5.92. The number of aliphatic hydroxyl groups excluding tert-OH is 1. The van der Waals surface area contributed by atoms with Crippen LogP contribution >= 0.6 is 0 Å². The van der Waals surface area contributed by atoms with Crippen molar-refractivity contribution in [2.24, 2.45) is 0 Å². The second-order valence-corrected chi connectivity index (χ2v) is 10.2. The number of ether oxygens (including phenoxy) is 2. The van der Waals surface area contributed by atoms with Crippen LogP contribution in [0.5, 0.6) is 11.5 Å². The average molecular weight is 547 g/mol. The molecule has 4 aromatic heterocycles. The van der Waals surface area contributed by atoms with Crippen molar-refractivity contribution < 1.29 is 19.0 Å². The molecule has 0 amide bonds. The zero-order valence-electron chi connectivity index (χ0n) is 22.5. The van der Waals surface area contributed by atoms with Gasteiger partial charge in [-0.15, -0.1) is 0 Å². The second kappa shape index (κ2) is 10.7. The van der Waals surface area contributed by atoms with E-state index in [2.05, 4.69) is 32.8 Å². The quantitative estimate of drug-likeness (QED) is 0.349. The third kappa shape index (κ3) is 4.71. The van der Waals surface area contributed by atoms with E-state index in [1.807, 2.05) is 17.2 Å². The molecule has 2 atom stereocenters. The minimum Gasteiger partial charge on any atom is -0.493 e. The first-order chi connectivity index (χ1) is 19.5. The molecule has 6 heterocycles. The van der Waals surface area contributed by atoms with E-state index in [4.69, 9.17) is 14.6 Å². The van der Waals surface area contributed by atoms with Crippen molar-refractivity contribution in [1.29, 1.82) is 5.26 Å². The molecule has 40 heavy (non-hydrogen) atoms. The number of rotatable bonds is 7. The van der Waals surface area contributed by atoms with Crippen LogP contribution in [0.2, 0.25) is 0 Å². The Bertz CT molecular complexity index is 1560. The lowest BCUT2D eigenvalue weighted by Crippen LogP contribution is -2.39. The molecule has 1 saturated heterocycles. The highest BCUT2D eigenvalue weighted by Gasteiger charge is 2.30. The molecule has 11 nitrogen and oxygen atoms in total. The molecule has 0 aliphatic carbocycles. The molecule has 1 unspecified atom stereocenters. The Morgan fingerprint density at radius 2 is 2.08 bits per heavy atom. The van der Waals surface area contributed by atoms with Crippen LogP contribution in [0.1, 0.15) is 29.5 Å². The van der Waals surface area contributed by atoms with Crippen molar-refractivity contribution in [3.05, 3.63) is 59.6 Å². The van der Waals surface area contributed by atoms with Crippen molar-refractivity contribution in [3.63, 3.8) is 0 Å². The fourth-order valence-corrected chi connectivity index (χ4v) is 5.79. The summed E-state index contributed by atoms with van der Waals surface area (Å²) in [5, 5.41) is 28.8. The van der Waals surface area contributed by atoms with Crippen LogP contribution < -0.4 is 9.47 Å². The highest BCUT2D eigenvalue weighted by molar-refractivity contribution is 5.75. The summed E-state index contributed by atoms with van der Waals surface area (Å²) >= 11 is 0. The summed E-state index contributed by atoms with van der Waals surface area (Å²) < 4.78 is 29.0. The number of likely N-dealkylation sites (tertiary alicyclic amines) is 1. The number of aromatic nitrogens is 5. The SMILES string of the molecule is COc1cnn2cc(-c3nn4c(c3C)CCN(C3CCN(C#N)C3)CC4)cc(O[C@H](CO)c3ccc(F)cn3)c12. The summed E-state index contributed by atoms with van der Waals surface area (Å²) in [5.41, 5.74) is 4.94. The second-order valence-electron chi connectivity index (χ2n) is 10.2. The van der Waals surface area contributed by atoms with E-state index in [-0.39, 0.29) is 6.61 Å². The monoisotopic (exact) mass is 546 g/mol. The normalized spacial score (nSPS) is 18.4. The summed E-state index contributed by atoms with van der Waals surface area (Å²) in [6.07, 6.45) is 7.93. The Morgan fingerprint density at radius 3 is 2.80 bits per heavy atom. The minimum atomic E-state index is -0.822. The van der Waals surface area contributed by atoms with Crippen LogP contribution in [0.25, 0.3) is 16.8 Å². The number of methoxy groups -OCH3 is 1. The van der Waals surface area contributed by atoms with Gasteiger partial charge in [-0.25, -0.2) is 8.91 Å². The van der Waals surface area contributed by atoms with Gasteiger partial charge in [-0.1, -0.05) is 0 Å². The van der Waals surface area contributed by atoms with Crippen LogP contribution in [0.3, 0.4) is 0 Å². The van der Waals surface area contributed by atoms with E-state index in [1.54, 1.807) is 17.8 Å². The van der Waals surface area contributed by atoms with Crippen molar-refractivity contribution >= 4 is 5.52 Å². The van der Waals surface area contributed by atoms with Gasteiger partial charge in [-0.3, -0.25) is 14.6 Å². The van der Waals surface area contributed by atoms with Crippen LogP contribution in [0, 0.1) is 24.2 Å². The van der Waals surface area contributed by atoms with Crippen LogP contribution in [0.15, 0.2) is 36.8 Å². The van der Waals surface area contributed by atoms with Crippen LogP contribution in [0.4, 0.5) is 4.39 Å². The Balaban J connectivity index is 1.32. The first kappa shape index (κ1) is 26.0. The van der Waals surface area contributed by atoms with Crippen molar-refractivity contribution in [1.82, 2.24) is 34.2 Å². The maximum absolute atomic E-state index is 13.5. The number of hydrogen-bond donors (Lipinski definition) is 1. The van der Waals surface area contributed by atoms with E-state index in [1.165, 1.54) is 17.8 Å². The van der Waals surface area contributed by atoms with Crippen molar-refractivity contribution in [2.45, 2.75) is 38.5 Å². The van der Waals surface area contributed by atoms with Gasteiger partial charge in [-0.05, 0) is 37.1 Å². The topological polar surface area (TPSA) is 117 Å². The molecule has 0 bridgehead atoms. The molecule has 4 aromatic rings. The summed E-state index contributed by atoms with van der Waals surface area (Å²) in [6, 6.07) is 5.06. The Hall–Kier alpha value is -4.21. The number of fused-ring (bicyclic) bond motifs is 2. The standard InChI is InChI=1S/C28H31FN8O3/c1-18-23-6-8-35(21-5-7-34(15-21)17-30)9-10-36(23)33-27(18)19-11-24(28-25(39-2)13-32-37(28)14-19)40-26(16-38)22-4-3-20(29)12-31-22/h3-4,11-14,21,26,38H,5-10,15-16H2,1-2H3/t21?,26-/m1/s1. The third-order valence-electron chi connectivity index (χ3n) is 7.93. The number of aliphatic hydroxyl groups is 1. The molecule has 12 heteroatoms. The van der Waals surface area contributed by atoms with E-state index in [0.717, 1.165) is 68.6 Å². The first-order valence-electron chi connectivity index (χ1n) is 13.4. The van der Waals surface area contributed by atoms with Crippen molar-refractivity contribution in [3.8, 4) is 28.9 Å². The molecule has 208 valence electrons. The fourth-order valence-electron chi connectivity index (χ4n) is 5.79. The number of hydrogen-bond acceptors (Lipinski definition) is 9. The van der Waals surface area contributed by atoms with Gasteiger partial charge in [0, 0.05) is 56.1 Å². The van der Waals surface area contributed by atoms with Gasteiger partial charge in [-0.2, -0.15) is 15.5 Å². The Kier molecular flexibility index (Phi) is 7.00. The molecule has 2 aliphatic rings. The highest BCUT2D eigenvalue weighted by Crippen LogP contribution is 2.37. The lowest BCUT2D eigenvalue weighted by Gasteiger charge is -2.26. The molecular weight excluding hydrogens is 515 g/mol. The first-order valence-corrected chi connectivity index (χ1v) is 13.4. The predicted octanol–water partition coefficient (Wildman–Crippen LogP) is 2.57. The van der Waals surface area contributed by atoms with E-state index < -0.39 is 11.9 Å². The Labute approximate surface area is 231 Å². The molecule has 1 fully saturated rings. The van der Waals surface area contributed by atoms with E-state index in [9.17, 15) is 14.8 Å². The summed E-state index contributed by atoms with van der Waals surface area (Å²) in [7, 11) is 1.56. The Morgan fingerprint density at radius 1 is 1.20 bits per heavy atom. The zero-order valence-corrected chi connectivity index (χ0v) is 22.5. The third-order valence-corrected chi connectivity index (χ3v) is 7.93. The molecule has 6 rings (SSSR count). The van der Waals surface area contributed by atoms with Crippen molar-refractivity contribution in [2.75, 3.05) is 39.9 Å². The van der Waals surface area contributed by atoms with Gasteiger partial charge in [0.2, 0.25) is 0 Å². The molecule has 0 aromatic carbocycles. The number of pyridine rings is 2. The molecule has 0 saturated carbocycles. The van der Waals surface area contributed by atoms with Gasteiger partial charge in [0.1, 0.15) is 5.82 Å². The van der Waals surface area contributed by atoms with Gasteiger partial charge < -0.3 is 19.5 Å². The molecule has 0 radical (unpaired) electrons. The van der Waals surface area contributed by atoms with Crippen LogP contribution in [-0.2, 0) is 13.0 Å². The maximum atomic E-state index is 13.5. The zero-order chi connectivity index (χ0) is 27.8. The molecule has 1 N–H and O–H groups in total. The van der Waals surface area contributed by atoms with Crippen LogP contribution in [-0.4, -0.2) is 85.2 Å². The molecule has 0 spiro atoms. The van der Waals surface area contributed by atoms with Gasteiger partial charge >= 0.3 is 0 Å². The average Bonchev–Trinajstić information content (AvgIpc) is 3.66. The fraction of sp³-hybridized carbons (Fsp3) is 0.429. The summed E-state index contributed by atoms with van der Waals surface area (Å²) in [4.78, 5) is 8.42. The van der Waals surface area contributed by atoms with E-state index in [0.29, 0.717) is 28.8 Å². The molecule has 2 aliphatic heterocycles. The summed E-state index contributed by atoms with van der Waals surface area (Å²) in [5.74, 6) is 0.492. The maximum Gasteiger partial charge on any atom is 0.179 e. The van der Waals surface area contributed by atoms with Gasteiger partial charge in [0.25, 0.3) is 0 Å². The predicted molar refractivity (Wildman–Crippen MR) is 143 cm³/mol. The smallest absolute Gasteiger partial charge is 0.179 e. The molecular formula is C28H31FN8O3. The highest BCUT2D eigenvalue weighted by atomic mass is 19.1. The number of halogens is 1. The lowest BCUT2D eigenvalue weighted by atomic mass is 10.1. The van der Waals surface area contributed by atoms with E-state index >= 15 is 0 Å². The number of nitriles is 1. The number of nitrogens with zero attached hydrogens (tertiary/aromatic N) is 8. The van der Waals surface area contributed by atoms with Gasteiger partial charge in [0.05, 0.1) is 44.0 Å². The largest absolute Gasteiger partial charge is 0.493 e. The van der Waals surface area contributed by atoms with Gasteiger partial charge in [0.15, 0.2) is 29.3 Å². The lowest BCUT2D eigenvalue weighted by molar-refractivity contribution is 0.114.